The number of hydrogen-bond donors (Lipinski definition) is 1. The van der Waals surface area contributed by atoms with Crippen LogP contribution in [0.5, 0.6) is 0 Å². The maximum Gasteiger partial charge on any atom is 0.359 e. The van der Waals surface area contributed by atoms with Gasteiger partial charge in [-0.15, -0.1) is 0 Å². The van der Waals surface area contributed by atoms with Gasteiger partial charge in [-0.2, -0.15) is 5.10 Å². The van der Waals surface area contributed by atoms with Crippen LogP contribution in [-0.2, 0) is 14.3 Å². The van der Waals surface area contributed by atoms with Gasteiger partial charge < -0.3 is 15.0 Å². The van der Waals surface area contributed by atoms with Crippen LogP contribution in [0.1, 0.15) is 35.9 Å². The van der Waals surface area contributed by atoms with Crippen molar-refractivity contribution in [2.75, 3.05) is 25.5 Å². The molecule has 0 aliphatic carbocycles. The van der Waals surface area contributed by atoms with Gasteiger partial charge in [0.15, 0.2) is 12.3 Å². The fourth-order valence-electron chi connectivity index (χ4n) is 3.15. The fraction of sp³-hybridized carbons (Fsp3) is 0.292. The van der Waals surface area contributed by atoms with E-state index in [1.807, 2.05) is 19.1 Å². The maximum absolute atomic E-state index is 12.7. The summed E-state index contributed by atoms with van der Waals surface area (Å²) < 4.78 is 6.38. The number of anilines is 1. The van der Waals surface area contributed by atoms with E-state index in [1.54, 1.807) is 50.2 Å². The summed E-state index contributed by atoms with van der Waals surface area (Å²) in [7, 11) is 1.44. The Labute approximate surface area is 191 Å². The largest absolute Gasteiger partial charge is 0.451 e. The lowest BCUT2D eigenvalue weighted by Gasteiger charge is -2.17. The summed E-state index contributed by atoms with van der Waals surface area (Å²) in [5, 5.41) is 7.56. The number of aryl methyl sites for hydroxylation is 1. The van der Waals surface area contributed by atoms with Gasteiger partial charge in [0, 0.05) is 18.1 Å². The number of likely N-dealkylation sites (N-methyl/N-ethyl adjacent to an activating group) is 1. The van der Waals surface area contributed by atoms with Crippen molar-refractivity contribution in [2.45, 2.75) is 26.8 Å². The van der Waals surface area contributed by atoms with Gasteiger partial charge in [0.1, 0.15) is 0 Å². The molecule has 172 valence electrons. The molecule has 0 aliphatic rings. The van der Waals surface area contributed by atoms with Crippen LogP contribution >= 0.6 is 0 Å². The van der Waals surface area contributed by atoms with Crippen LogP contribution in [0.4, 0.5) is 5.69 Å². The predicted molar refractivity (Wildman–Crippen MR) is 124 cm³/mol. The second-order valence-electron chi connectivity index (χ2n) is 7.98. The van der Waals surface area contributed by atoms with Gasteiger partial charge in [0.2, 0.25) is 5.91 Å². The molecule has 0 atom stereocenters. The first-order valence-corrected chi connectivity index (χ1v) is 10.5. The molecule has 0 bridgehead atoms. The van der Waals surface area contributed by atoms with Crippen LogP contribution in [0.15, 0.2) is 53.3 Å². The standard InChI is InChI=1S/C24H26N4O5/c1-15(2)28-23(31)19-8-6-5-7-18(19)22(26-28)24(32)33-14-21(30)27(4)13-20(29)25-17-11-9-16(3)10-12-17/h5-12,15H,13-14H2,1-4H3,(H,25,29). The van der Waals surface area contributed by atoms with Crippen molar-refractivity contribution in [1.82, 2.24) is 14.7 Å². The molecule has 2 aromatic carbocycles. The van der Waals surface area contributed by atoms with Crippen molar-refractivity contribution in [3.63, 3.8) is 0 Å². The lowest BCUT2D eigenvalue weighted by molar-refractivity contribution is -0.136. The molecule has 33 heavy (non-hydrogen) atoms. The molecule has 3 aromatic rings. The molecule has 3 rings (SSSR count). The zero-order chi connectivity index (χ0) is 24.1. The van der Waals surface area contributed by atoms with E-state index < -0.39 is 18.5 Å². The van der Waals surface area contributed by atoms with Crippen molar-refractivity contribution in [2.24, 2.45) is 0 Å². The maximum atomic E-state index is 12.7. The van der Waals surface area contributed by atoms with Crippen LogP contribution in [0.2, 0.25) is 0 Å². The number of nitrogens with one attached hydrogen (secondary N) is 1. The van der Waals surface area contributed by atoms with E-state index in [1.165, 1.54) is 11.7 Å². The number of aromatic nitrogens is 2. The minimum absolute atomic E-state index is 0.0496. The molecular formula is C24H26N4O5. The topological polar surface area (TPSA) is 111 Å². The van der Waals surface area contributed by atoms with E-state index in [0.717, 1.165) is 10.5 Å². The first-order valence-electron chi connectivity index (χ1n) is 10.5. The number of hydrogen-bond acceptors (Lipinski definition) is 6. The van der Waals surface area contributed by atoms with Crippen LogP contribution in [0, 0.1) is 6.92 Å². The Morgan fingerprint density at radius 3 is 2.33 bits per heavy atom. The first-order chi connectivity index (χ1) is 15.7. The molecule has 0 saturated heterocycles. The number of carbonyl (C=O) groups is 3. The Hall–Kier alpha value is -4.01. The normalized spacial score (nSPS) is 10.8. The number of ether oxygens (including phenoxy) is 1. The number of carbonyl (C=O) groups excluding carboxylic acids is 3. The van der Waals surface area contributed by atoms with Gasteiger partial charge in [-0.1, -0.05) is 35.9 Å². The lowest BCUT2D eigenvalue weighted by Crippen LogP contribution is -2.37. The summed E-state index contributed by atoms with van der Waals surface area (Å²) in [5.74, 6) is -1.76. The second kappa shape index (κ2) is 10.1. The predicted octanol–water partition coefficient (Wildman–Crippen LogP) is 2.54. The molecule has 1 N–H and O–H groups in total. The molecule has 1 aromatic heterocycles. The second-order valence-corrected chi connectivity index (χ2v) is 7.98. The molecule has 9 heteroatoms. The van der Waals surface area contributed by atoms with Gasteiger partial charge in [-0.25, -0.2) is 9.48 Å². The third kappa shape index (κ3) is 5.62. The molecule has 0 radical (unpaired) electrons. The summed E-state index contributed by atoms with van der Waals surface area (Å²) in [6, 6.07) is 13.6. The van der Waals surface area contributed by atoms with Gasteiger partial charge in [0.25, 0.3) is 11.5 Å². The number of benzene rings is 2. The number of esters is 1. The minimum atomic E-state index is -0.827. The highest BCUT2D eigenvalue weighted by molar-refractivity contribution is 6.02. The van der Waals surface area contributed by atoms with Crippen molar-refractivity contribution < 1.29 is 19.1 Å². The Bertz CT molecular complexity index is 1250. The highest BCUT2D eigenvalue weighted by atomic mass is 16.5. The van der Waals surface area contributed by atoms with Crippen LogP contribution in [-0.4, -0.2) is 52.7 Å². The van der Waals surface area contributed by atoms with E-state index in [-0.39, 0.29) is 29.7 Å². The van der Waals surface area contributed by atoms with Crippen LogP contribution < -0.4 is 10.9 Å². The molecule has 0 unspecified atom stereocenters. The van der Waals surface area contributed by atoms with Gasteiger partial charge in [-0.3, -0.25) is 14.4 Å². The summed E-state index contributed by atoms with van der Waals surface area (Å²) in [6.07, 6.45) is 0. The highest BCUT2D eigenvalue weighted by Crippen LogP contribution is 2.16. The van der Waals surface area contributed by atoms with E-state index in [9.17, 15) is 19.2 Å². The Morgan fingerprint density at radius 1 is 1.06 bits per heavy atom. The fourth-order valence-corrected chi connectivity index (χ4v) is 3.15. The van der Waals surface area contributed by atoms with Crippen LogP contribution in [0.25, 0.3) is 10.8 Å². The van der Waals surface area contributed by atoms with Gasteiger partial charge >= 0.3 is 5.97 Å². The molecule has 0 fully saturated rings. The average Bonchev–Trinajstić information content (AvgIpc) is 2.78. The molecule has 2 amide bonds. The number of rotatable bonds is 7. The van der Waals surface area contributed by atoms with E-state index in [2.05, 4.69) is 10.4 Å². The van der Waals surface area contributed by atoms with E-state index in [0.29, 0.717) is 16.5 Å². The molecule has 0 aliphatic heterocycles. The molecule has 1 heterocycles. The van der Waals surface area contributed by atoms with Gasteiger partial charge in [0.05, 0.1) is 18.0 Å². The van der Waals surface area contributed by atoms with Gasteiger partial charge in [-0.05, 0) is 39.0 Å². The van der Waals surface area contributed by atoms with Crippen molar-refractivity contribution in [1.29, 1.82) is 0 Å². The average molecular weight is 450 g/mol. The minimum Gasteiger partial charge on any atom is -0.451 e. The SMILES string of the molecule is Cc1ccc(NC(=O)CN(C)C(=O)COC(=O)c2nn(C(C)C)c(=O)c3ccccc23)cc1. The monoisotopic (exact) mass is 450 g/mol. The van der Waals surface area contributed by atoms with E-state index in [4.69, 9.17) is 4.74 Å². The van der Waals surface area contributed by atoms with Crippen molar-refractivity contribution in [3.8, 4) is 0 Å². The smallest absolute Gasteiger partial charge is 0.359 e. The zero-order valence-electron chi connectivity index (χ0n) is 19.0. The van der Waals surface area contributed by atoms with Crippen molar-refractivity contribution in [3.05, 3.63) is 70.1 Å². The molecule has 0 saturated carbocycles. The number of fused-ring (bicyclic) bond motifs is 1. The van der Waals surface area contributed by atoms with Crippen molar-refractivity contribution >= 4 is 34.2 Å². The summed E-state index contributed by atoms with van der Waals surface area (Å²) >= 11 is 0. The Morgan fingerprint density at radius 2 is 1.70 bits per heavy atom. The third-order valence-electron chi connectivity index (χ3n) is 4.98. The Kier molecular flexibility index (Phi) is 7.22. The number of nitrogens with zero attached hydrogens (tertiary/aromatic N) is 3. The van der Waals surface area contributed by atoms with Crippen LogP contribution in [0.3, 0.4) is 0 Å². The molecule has 0 spiro atoms. The molecular weight excluding hydrogens is 424 g/mol. The first kappa shape index (κ1) is 23.6. The quantitative estimate of drug-likeness (QED) is 0.554. The molecule has 9 nitrogen and oxygen atoms in total. The lowest BCUT2D eigenvalue weighted by atomic mass is 10.1. The summed E-state index contributed by atoms with van der Waals surface area (Å²) in [6.45, 7) is 4.72. The van der Waals surface area contributed by atoms with E-state index >= 15 is 0 Å². The number of amides is 2. The third-order valence-corrected chi connectivity index (χ3v) is 4.98. The highest BCUT2D eigenvalue weighted by Gasteiger charge is 2.21. The zero-order valence-corrected chi connectivity index (χ0v) is 19.0. The summed E-state index contributed by atoms with van der Waals surface area (Å²) in [4.78, 5) is 51.1. The Balaban J connectivity index is 1.65. The summed E-state index contributed by atoms with van der Waals surface area (Å²) in [5.41, 5.74) is 1.32.